The maximum absolute atomic E-state index is 6.52. The van der Waals surface area contributed by atoms with Gasteiger partial charge in [-0.3, -0.25) is 0 Å². The molecule has 1 nitrogen and oxygen atoms in total. The van der Waals surface area contributed by atoms with Gasteiger partial charge in [0.2, 0.25) is 0 Å². The van der Waals surface area contributed by atoms with E-state index < -0.39 is 0 Å². The number of hydrogen-bond acceptors (Lipinski definition) is 1. The van der Waals surface area contributed by atoms with Crippen LogP contribution in [-0.2, 0) is 0 Å². The maximum atomic E-state index is 6.52. The van der Waals surface area contributed by atoms with Crippen molar-refractivity contribution in [2.75, 3.05) is 0 Å². The van der Waals surface area contributed by atoms with Crippen LogP contribution in [0.5, 0.6) is 0 Å². The molecule has 0 aliphatic heterocycles. The summed E-state index contributed by atoms with van der Waals surface area (Å²) in [4.78, 5) is 0. The number of benzene rings is 3. The molecule has 3 heteroatoms. The van der Waals surface area contributed by atoms with Gasteiger partial charge in [-0.15, -0.1) is 0 Å². The molecule has 0 bridgehead atoms. The molecular weight excluding hydrogens is 324 g/mol. The van der Waals surface area contributed by atoms with E-state index in [-0.39, 0.29) is 0 Å². The van der Waals surface area contributed by atoms with E-state index in [0.717, 1.165) is 37.2 Å². The van der Waals surface area contributed by atoms with E-state index in [1.165, 1.54) is 0 Å². The van der Waals surface area contributed by atoms with Crippen molar-refractivity contribution in [3.05, 3.63) is 58.0 Å². The van der Waals surface area contributed by atoms with Gasteiger partial charge in [-0.1, -0.05) is 54.1 Å². The molecule has 0 spiro atoms. The smallest absolute Gasteiger partial charge is 0.144 e. The number of para-hydroxylation sites is 1. The van der Waals surface area contributed by atoms with E-state index in [1.54, 1.807) is 0 Å². The highest BCUT2D eigenvalue weighted by molar-refractivity contribution is 9.10. The Bertz CT molecular complexity index is 940. The molecule has 3 aromatic carbocycles. The summed E-state index contributed by atoms with van der Waals surface area (Å²) < 4.78 is 6.92. The van der Waals surface area contributed by atoms with Crippen LogP contribution in [0.1, 0.15) is 0 Å². The van der Waals surface area contributed by atoms with Crippen molar-refractivity contribution in [2.45, 2.75) is 0 Å². The first-order valence-electron chi connectivity index (χ1n) is 5.94. The molecule has 0 atom stereocenters. The van der Waals surface area contributed by atoms with Crippen molar-refractivity contribution in [1.29, 1.82) is 0 Å². The zero-order valence-corrected chi connectivity index (χ0v) is 12.1. The van der Waals surface area contributed by atoms with E-state index in [2.05, 4.69) is 22.0 Å². The molecule has 92 valence electrons. The van der Waals surface area contributed by atoms with E-state index in [0.29, 0.717) is 5.02 Å². The predicted octanol–water partition coefficient (Wildman–Crippen LogP) is 6.16. The Balaban J connectivity index is 2.41. The molecule has 0 aliphatic rings. The van der Waals surface area contributed by atoms with Gasteiger partial charge >= 0.3 is 0 Å². The van der Waals surface area contributed by atoms with Crippen LogP contribution < -0.4 is 0 Å². The fraction of sp³-hybridized carbons (Fsp3) is 0. The highest BCUT2D eigenvalue weighted by Crippen LogP contribution is 2.43. The SMILES string of the molecule is Clc1c(Br)c2ccccc2c2oc3ccccc3c12. The lowest BCUT2D eigenvalue weighted by Gasteiger charge is -2.04. The van der Waals surface area contributed by atoms with Crippen LogP contribution in [-0.4, -0.2) is 0 Å². The lowest BCUT2D eigenvalue weighted by molar-refractivity contribution is 0.672. The monoisotopic (exact) mass is 330 g/mol. The van der Waals surface area contributed by atoms with Gasteiger partial charge in [0.05, 0.1) is 5.02 Å². The van der Waals surface area contributed by atoms with Gasteiger partial charge in [0, 0.05) is 26.0 Å². The second-order valence-corrected chi connectivity index (χ2v) is 5.65. The number of halogens is 2. The fourth-order valence-corrected chi connectivity index (χ4v) is 3.39. The van der Waals surface area contributed by atoms with Crippen LogP contribution in [0, 0.1) is 0 Å². The van der Waals surface area contributed by atoms with Crippen molar-refractivity contribution in [2.24, 2.45) is 0 Å². The molecule has 0 N–H and O–H groups in total. The normalized spacial score (nSPS) is 11.7. The van der Waals surface area contributed by atoms with Crippen molar-refractivity contribution in [3.63, 3.8) is 0 Å². The topological polar surface area (TPSA) is 13.1 Å². The molecular formula is C16H8BrClO. The summed E-state index contributed by atoms with van der Waals surface area (Å²) in [5, 5.41) is 4.87. The second-order valence-electron chi connectivity index (χ2n) is 4.48. The minimum absolute atomic E-state index is 0.707. The molecule has 0 aliphatic carbocycles. The number of hydrogen-bond donors (Lipinski definition) is 0. The summed E-state index contributed by atoms with van der Waals surface area (Å²) in [5.74, 6) is 0. The van der Waals surface area contributed by atoms with E-state index in [9.17, 15) is 0 Å². The quantitative estimate of drug-likeness (QED) is 0.376. The van der Waals surface area contributed by atoms with Gasteiger partial charge < -0.3 is 4.42 Å². The van der Waals surface area contributed by atoms with Crippen LogP contribution in [0.3, 0.4) is 0 Å². The van der Waals surface area contributed by atoms with Crippen LogP contribution in [0.4, 0.5) is 0 Å². The van der Waals surface area contributed by atoms with Crippen molar-refractivity contribution >= 4 is 60.2 Å². The third kappa shape index (κ3) is 1.47. The molecule has 19 heavy (non-hydrogen) atoms. The molecule has 0 saturated carbocycles. The van der Waals surface area contributed by atoms with Gasteiger partial charge in [0.15, 0.2) is 0 Å². The lowest BCUT2D eigenvalue weighted by Crippen LogP contribution is -1.79. The zero-order chi connectivity index (χ0) is 13.0. The van der Waals surface area contributed by atoms with E-state index in [1.807, 2.05) is 42.5 Å². The molecule has 0 amide bonds. The van der Waals surface area contributed by atoms with Crippen LogP contribution in [0.15, 0.2) is 57.4 Å². The third-order valence-electron chi connectivity index (χ3n) is 3.42. The largest absolute Gasteiger partial charge is 0.455 e. The number of rotatable bonds is 0. The molecule has 4 rings (SSSR count). The summed E-state index contributed by atoms with van der Waals surface area (Å²) in [6.45, 7) is 0. The molecule has 0 unspecified atom stereocenters. The minimum Gasteiger partial charge on any atom is -0.455 e. The van der Waals surface area contributed by atoms with Crippen LogP contribution in [0.25, 0.3) is 32.7 Å². The predicted molar refractivity (Wildman–Crippen MR) is 83.9 cm³/mol. The van der Waals surface area contributed by atoms with E-state index >= 15 is 0 Å². The number of furan rings is 1. The highest BCUT2D eigenvalue weighted by atomic mass is 79.9. The maximum Gasteiger partial charge on any atom is 0.144 e. The van der Waals surface area contributed by atoms with Crippen molar-refractivity contribution < 1.29 is 4.42 Å². The Morgan fingerprint density at radius 2 is 1.47 bits per heavy atom. The second kappa shape index (κ2) is 3.99. The standard InChI is InChI=1S/C16H8BrClO/c17-14-9-5-1-2-6-10(9)16-13(15(14)18)11-7-3-4-8-12(11)19-16/h1-8H. The summed E-state index contributed by atoms with van der Waals surface area (Å²) >= 11 is 10.1. The van der Waals surface area contributed by atoms with Gasteiger partial charge in [0.1, 0.15) is 11.2 Å². The van der Waals surface area contributed by atoms with Gasteiger partial charge in [-0.05, 0) is 22.0 Å². The van der Waals surface area contributed by atoms with Crippen LogP contribution >= 0.6 is 27.5 Å². The summed E-state index contributed by atoms with van der Waals surface area (Å²) in [5.41, 5.74) is 1.72. The lowest BCUT2D eigenvalue weighted by atomic mass is 10.1. The molecule has 0 radical (unpaired) electrons. The van der Waals surface area contributed by atoms with Gasteiger partial charge in [-0.2, -0.15) is 0 Å². The van der Waals surface area contributed by atoms with Crippen LogP contribution in [0.2, 0.25) is 5.02 Å². The van der Waals surface area contributed by atoms with E-state index in [4.69, 9.17) is 16.0 Å². The summed E-state index contributed by atoms with van der Waals surface area (Å²) in [6, 6.07) is 16.1. The Morgan fingerprint density at radius 3 is 2.26 bits per heavy atom. The van der Waals surface area contributed by atoms with Crippen molar-refractivity contribution in [3.8, 4) is 0 Å². The fourth-order valence-electron chi connectivity index (χ4n) is 2.55. The molecule has 1 heterocycles. The Hall–Kier alpha value is -1.51. The first-order valence-corrected chi connectivity index (χ1v) is 7.11. The average molecular weight is 332 g/mol. The highest BCUT2D eigenvalue weighted by Gasteiger charge is 2.16. The summed E-state index contributed by atoms with van der Waals surface area (Å²) in [6.07, 6.45) is 0. The zero-order valence-electron chi connectivity index (χ0n) is 9.78. The molecule has 0 fully saturated rings. The third-order valence-corrected chi connectivity index (χ3v) is 4.85. The average Bonchev–Trinajstić information content (AvgIpc) is 2.84. The minimum atomic E-state index is 0.707. The Morgan fingerprint density at radius 1 is 0.842 bits per heavy atom. The van der Waals surface area contributed by atoms with Gasteiger partial charge in [-0.25, -0.2) is 0 Å². The number of fused-ring (bicyclic) bond motifs is 5. The first-order chi connectivity index (χ1) is 9.27. The Kier molecular flexibility index (Phi) is 2.38. The molecule has 0 saturated heterocycles. The first kappa shape index (κ1) is 11.3. The Labute approximate surface area is 122 Å². The summed E-state index contributed by atoms with van der Waals surface area (Å²) in [7, 11) is 0. The van der Waals surface area contributed by atoms with Crippen molar-refractivity contribution in [1.82, 2.24) is 0 Å². The molecule has 4 aromatic rings. The molecule has 1 aromatic heterocycles. The van der Waals surface area contributed by atoms with Gasteiger partial charge in [0.25, 0.3) is 0 Å².